The number of ether oxygens (including phenoxy) is 1. The number of aromatic nitrogens is 2. The molecule has 0 radical (unpaired) electrons. The summed E-state index contributed by atoms with van der Waals surface area (Å²) in [6.07, 6.45) is 1.50. The van der Waals surface area contributed by atoms with Crippen molar-refractivity contribution in [2.75, 3.05) is 23.9 Å². The Kier molecular flexibility index (Phi) is 4.38. The lowest BCUT2D eigenvalue weighted by atomic mass is 10.2. The number of aryl methyl sites for hydroxylation is 2. The molecule has 1 N–H and O–H groups in total. The van der Waals surface area contributed by atoms with Gasteiger partial charge in [-0.3, -0.25) is 19.0 Å². The zero-order valence-corrected chi connectivity index (χ0v) is 16.4. The van der Waals surface area contributed by atoms with Crippen LogP contribution in [-0.4, -0.2) is 35.0 Å². The predicted molar refractivity (Wildman–Crippen MR) is 108 cm³/mol. The second-order valence-corrected chi connectivity index (χ2v) is 7.45. The van der Waals surface area contributed by atoms with Crippen molar-refractivity contribution in [1.29, 1.82) is 0 Å². The van der Waals surface area contributed by atoms with Gasteiger partial charge < -0.3 is 15.0 Å². The van der Waals surface area contributed by atoms with Gasteiger partial charge in [-0.1, -0.05) is 0 Å². The number of fused-ring (bicyclic) bond motifs is 2. The van der Waals surface area contributed by atoms with E-state index in [1.807, 2.05) is 6.92 Å². The number of hydrogen-bond acceptors (Lipinski definition) is 6. The molecule has 3 aromatic rings. The van der Waals surface area contributed by atoms with Crippen LogP contribution in [0.4, 0.5) is 11.4 Å². The Morgan fingerprint density at radius 2 is 2.14 bits per heavy atom. The summed E-state index contributed by atoms with van der Waals surface area (Å²) in [6, 6.07) is 5.12. The van der Waals surface area contributed by atoms with Crippen LogP contribution >= 0.6 is 11.3 Å². The van der Waals surface area contributed by atoms with Crippen molar-refractivity contribution in [3.05, 3.63) is 45.3 Å². The van der Waals surface area contributed by atoms with E-state index in [-0.39, 0.29) is 24.0 Å². The van der Waals surface area contributed by atoms with E-state index >= 15 is 0 Å². The van der Waals surface area contributed by atoms with E-state index in [4.69, 9.17) is 4.74 Å². The average Bonchev–Trinajstić information content (AvgIpc) is 3.03. The van der Waals surface area contributed by atoms with Gasteiger partial charge in [-0.05, 0) is 37.6 Å². The summed E-state index contributed by atoms with van der Waals surface area (Å²) >= 11 is 1.19. The second-order valence-electron chi connectivity index (χ2n) is 6.45. The third-order valence-corrected chi connectivity index (χ3v) is 5.97. The quantitative estimate of drug-likeness (QED) is 0.731. The Bertz CT molecular complexity index is 1180. The number of benzene rings is 1. The van der Waals surface area contributed by atoms with Crippen molar-refractivity contribution in [3.8, 4) is 5.75 Å². The Hall–Kier alpha value is -3.20. The summed E-state index contributed by atoms with van der Waals surface area (Å²) in [4.78, 5) is 44.0. The highest BCUT2D eigenvalue weighted by molar-refractivity contribution is 7.20. The van der Waals surface area contributed by atoms with Crippen molar-refractivity contribution in [2.45, 2.75) is 20.4 Å². The molecule has 0 saturated carbocycles. The fraction of sp³-hybridized carbons (Fsp3) is 0.263. The summed E-state index contributed by atoms with van der Waals surface area (Å²) in [7, 11) is 1.66. The number of rotatable bonds is 3. The highest BCUT2D eigenvalue weighted by atomic mass is 32.1. The van der Waals surface area contributed by atoms with E-state index in [0.29, 0.717) is 44.3 Å². The molecule has 0 atom stereocenters. The number of nitrogens with one attached hydrogen (secondary N) is 1. The molecule has 8 nitrogen and oxygen atoms in total. The lowest BCUT2D eigenvalue weighted by Gasteiger charge is -2.26. The Morgan fingerprint density at radius 3 is 2.89 bits per heavy atom. The van der Waals surface area contributed by atoms with Crippen molar-refractivity contribution in [1.82, 2.24) is 9.55 Å². The van der Waals surface area contributed by atoms with Crippen LogP contribution in [0, 0.1) is 6.92 Å². The molecule has 0 bridgehead atoms. The number of anilines is 2. The van der Waals surface area contributed by atoms with Gasteiger partial charge in [0.15, 0.2) is 6.61 Å². The maximum atomic E-state index is 12.8. The van der Waals surface area contributed by atoms with Crippen LogP contribution < -0.4 is 20.5 Å². The molecule has 0 aliphatic carbocycles. The van der Waals surface area contributed by atoms with Crippen molar-refractivity contribution in [3.63, 3.8) is 0 Å². The van der Waals surface area contributed by atoms with Crippen LogP contribution in [0.5, 0.6) is 5.75 Å². The second kappa shape index (κ2) is 6.75. The topological polar surface area (TPSA) is 93.5 Å². The maximum absolute atomic E-state index is 12.8. The minimum atomic E-state index is -0.325. The number of thiophene rings is 1. The summed E-state index contributed by atoms with van der Waals surface area (Å²) in [5.41, 5.74) is 1.59. The molecule has 0 spiro atoms. The van der Waals surface area contributed by atoms with Crippen LogP contribution in [0.25, 0.3) is 10.2 Å². The lowest BCUT2D eigenvalue weighted by molar-refractivity contribution is -0.120. The van der Waals surface area contributed by atoms with E-state index in [1.165, 1.54) is 27.1 Å². The Labute approximate surface area is 164 Å². The zero-order valence-electron chi connectivity index (χ0n) is 15.6. The fourth-order valence-corrected chi connectivity index (χ4v) is 4.17. The summed E-state index contributed by atoms with van der Waals surface area (Å²) in [5, 5.41) is 3.31. The first kappa shape index (κ1) is 18.2. The first-order valence-corrected chi connectivity index (χ1v) is 9.55. The highest BCUT2D eigenvalue weighted by Gasteiger charge is 2.24. The van der Waals surface area contributed by atoms with Gasteiger partial charge >= 0.3 is 0 Å². The SMILES string of the molecule is CCn1cnc2sc(C(=O)Nc3ccc4c(c3)N(C)C(=O)CO4)c(C)c2c1=O. The van der Waals surface area contributed by atoms with Gasteiger partial charge in [-0.15, -0.1) is 11.3 Å². The first-order valence-electron chi connectivity index (χ1n) is 8.74. The van der Waals surface area contributed by atoms with Gasteiger partial charge in [0.1, 0.15) is 10.6 Å². The molecule has 4 rings (SSSR count). The molecule has 2 amide bonds. The van der Waals surface area contributed by atoms with Crippen LogP contribution in [-0.2, 0) is 11.3 Å². The maximum Gasteiger partial charge on any atom is 0.266 e. The van der Waals surface area contributed by atoms with Crippen LogP contribution in [0.1, 0.15) is 22.2 Å². The van der Waals surface area contributed by atoms with Crippen molar-refractivity contribution >= 4 is 44.7 Å². The van der Waals surface area contributed by atoms with Gasteiger partial charge in [0.2, 0.25) is 0 Å². The molecule has 9 heteroatoms. The molecule has 28 heavy (non-hydrogen) atoms. The Balaban J connectivity index is 1.68. The Morgan fingerprint density at radius 1 is 1.36 bits per heavy atom. The summed E-state index contributed by atoms with van der Waals surface area (Å²) < 4.78 is 6.91. The molecule has 0 unspecified atom stereocenters. The normalized spacial score (nSPS) is 13.4. The average molecular weight is 398 g/mol. The molecule has 2 aromatic heterocycles. The van der Waals surface area contributed by atoms with E-state index in [9.17, 15) is 14.4 Å². The minimum Gasteiger partial charge on any atom is -0.482 e. The highest BCUT2D eigenvalue weighted by Crippen LogP contribution is 2.34. The van der Waals surface area contributed by atoms with Crippen LogP contribution in [0.15, 0.2) is 29.3 Å². The summed E-state index contributed by atoms with van der Waals surface area (Å²) in [5.74, 6) is 0.102. The smallest absolute Gasteiger partial charge is 0.266 e. The summed E-state index contributed by atoms with van der Waals surface area (Å²) in [6.45, 7) is 4.14. The number of hydrogen-bond donors (Lipinski definition) is 1. The minimum absolute atomic E-state index is 0.00151. The standard InChI is InChI=1S/C19H18N4O4S/c1-4-23-9-20-18-15(19(23)26)10(2)16(28-18)17(25)21-11-5-6-13-12(7-11)22(3)14(24)8-27-13/h5-7,9H,4,8H2,1-3H3,(H,21,25). The largest absolute Gasteiger partial charge is 0.482 e. The molecule has 0 fully saturated rings. The van der Waals surface area contributed by atoms with E-state index in [0.717, 1.165) is 0 Å². The van der Waals surface area contributed by atoms with Gasteiger partial charge in [0.05, 0.1) is 22.3 Å². The number of carbonyl (C=O) groups is 2. The van der Waals surface area contributed by atoms with Gasteiger partial charge in [0, 0.05) is 19.3 Å². The van der Waals surface area contributed by atoms with Gasteiger partial charge in [0.25, 0.3) is 17.4 Å². The first-order chi connectivity index (χ1) is 13.4. The van der Waals surface area contributed by atoms with E-state index < -0.39 is 0 Å². The number of amides is 2. The fourth-order valence-electron chi connectivity index (χ4n) is 3.14. The molecular weight excluding hydrogens is 380 g/mol. The van der Waals surface area contributed by atoms with Gasteiger partial charge in [-0.2, -0.15) is 0 Å². The number of carbonyl (C=O) groups excluding carboxylic acids is 2. The monoisotopic (exact) mass is 398 g/mol. The van der Waals surface area contributed by atoms with Gasteiger partial charge in [-0.25, -0.2) is 4.98 Å². The third-order valence-electron chi connectivity index (χ3n) is 4.77. The molecule has 0 saturated heterocycles. The zero-order chi connectivity index (χ0) is 20.0. The third kappa shape index (κ3) is 2.84. The van der Waals surface area contributed by atoms with E-state index in [2.05, 4.69) is 10.3 Å². The molecule has 3 heterocycles. The van der Waals surface area contributed by atoms with Crippen molar-refractivity contribution in [2.24, 2.45) is 0 Å². The molecule has 1 aromatic carbocycles. The van der Waals surface area contributed by atoms with Crippen LogP contribution in [0.3, 0.4) is 0 Å². The molecule has 1 aliphatic heterocycles. The number of likely N-dealkylation sites (N-methyl/N-ethyl adjacent to an activating group) is 1. The van der Waals surface area contributed by atoms with Crippen molar-refractivity contribution < 1.29 is 14.3 Å². The van der Waals surface area contributed by atoms with E-state index in [1.54, 1.807) is 32.2 Å². The van der Waals surface area contributed by atoms with Crippen LogP contribution in [0.2, 0.25) is 0 Å². The number of nitrogens with zero attached hydrogens (tertiary/aromatic N) is 3. The predicted octanol–water partition coefficient (Wildman–Crippen LogP) is 2.39. The molecular formula is C19H18N4O4S. The molecule has 144 valence electrons. The molecule has 1 aliphatic rings. The lowest BCUT2D eigenvalue weighted by Crippen LogP contribution is -2.35.